The summed E-state index contributed by atoms with van der Waals surface area (Å²) in [5.74, 6) is 0.856. The molecule has 0 saturated heterocycles. The van der Waals surface area contributed by atoms with Crippen molar-refractivity contribution < 1.29 is 4.79 Å². The molecular weight excluding hydrogens is 202 g/mol. The number of hydrogen-bond acceptors (Lipinski definition) is 2. The van der Waals surface area contributed by atoms with Crippen molar-refractivity contribution in [2.75, 3.05) is 5.32 Å². The number of H-pyrrole nitrogens is 1. The first-order valence-corrected chi connectivity index (χ1v) is 6.16. The largest absolute Gasteiger partial charge is 0.331 e. The molecule has 16 heavy (non-hydrogen) atoms. The Kier molecular flexibility index (Phi) is 3.97. The van der Waals surface area contributed by atoms with Gasteiger partial charge in [0, 0.05) is 18.3 Å². The fraction of sp³-hybridized carbons (Fsp3) is 0.667. The molecule has 0 unspecified atom stereocenters. The predicted molar refractivity (Wildman–Crippen MR) is 63.0 cm³/mol. The highest BCUT2D eigenvalue weighted by molar-refractivity contribution is 5.90. The molecule has 1 saturated carbocycles. The Hall–Kier alpha value is -1.32. The molecule has 1 aromatic heterocycles. The molecule has 1 aliphatic carbocycles. The molecule has 4 heteroatoms. The van der Waals surface area contributed by atoms with Crippen molar-refractivity contribution in [3.63, 3.8) is 0 Å². The summed E-state index contributed by atoms with van der Waals surface area (Å²) in [6.07, 6.45) is 11.6. The number of anilines is 1. The number of rotatable bonds is 2. The Balaban J connectivity index is 1.87. The third kappa shape index (κ3) is 3.08. The maximum Gasteiger partial charge on any atom is 0.229 e. The molecule has 0 bridgehead atoms. The van der Waals surface area contributed by atoms with Gasteiger partial charge >= 0.3 is 0 Å². The van der Waals surface area contributed by atoms with Crippen LogP contribution in [0.15, 0.2) is 12.4 Å². The van der Waals surface area contributed by atoms with Crippen molar-refractivity contribution in [2.24, 2.45) is 5.92 Å². The van der Waals surface area contributed by atoms with Crippen LogP contribution in [0.4, 0.5) is 5.95 Å². The summed E-state index contributed by atoms with van der Waals surface area (Å²) in [6.45, 7) is 0. The van der Waals surface area contributed by atoms with Gasteiger partial charge in [-0.1, -0.05) is 32.1 Å². The zero-order chi connectivity index (χ0) is 11.2. The zero-order valence-electron chi connectivity index (χ0n) is 9.54. The molecule has 1 heterocycles. The van der Waals surface area contributed by atoms with Crippen LogP contribution in [0.2, 0.25) is 0 Å². The molecular formula is C12H19N3O. The van der Waals surface area contributed by atoms with Gasteiger partial charge in [0.1, 0.15) is 0 Å². The van der Waals surface area contributed by atoms with Gasteiger partial charge in [0.15, 0.2) is 0 Å². The summed E-state index contributed by atoms with van der Waals surface area (Å²) in [6, 6.07) is 0. The van der Waals surface area contributed by atoms with Crippen molar-refractivity contribution in [1.82, 2.24) is 9.97 Å². The molecule has 2 rings (SSSR count). The van der Waals surface area contributed by atoms with Crippen molar-refractivity contribution in [3.8, 4) is 0 Å². The number of aromatic amines is 1. The van der Waals surface area contributed by atoms with Crippen molar-refractivity contribution >= 4 is 11.9 Å². The number of imidazole rings is 1. The first-order valence-electron chi connectivity index (χ1n) is 6.16. The minimum atomic E-state index is 0.122. The lowest BCUT2D eigenvalue weighted by Gasteiger charge is -2.18. The quantitative estimate of drug-likeness (QED) is 0.806. The van der Waals surface area contributed by atoms with Crippen molar-refractivity contribution in [1.29, 1.82) is 0 Å². The number of carbonyl (C=O) groups excluding carboxylic acids is 1. The number of nitrogens with one attached hydrogen (secondary N) is 2. The molecule has 1 fully saturated rings. The van der Waals surface area contributed by atoms with E-state index in [1.54, 1.807) is 12.4 Å². The van der Waals surface area contributed by atoms with Crippen LogP contribution in [0.5, 0.6) is 0 Å². The van der Waals surface area contributed by atoms with E-state index >= 15 is 0 Å². The van der Waals surface area contributed by atoms with Gasteiger partial charge < -0.3 is 4.98 Å². The molecule has 1 aliphatic rings. The van der Waals surface area contributed by atoms with E-state index in [1.165, 1.54) is 32.1 Å². The summed E-state index contributed by atoms with van der Waals surface area (Å²) in [5.41, 5.74) is 0. The summed E-state index contributed by atoms with van der Waals surface area (Å²) in [7, 11) is 0. The van der Waals surface area contributed by atoms with E-state index in [-0.39, 0.29) is 11.8 Å². The molecule has 1 amide bonds. The molecule has 0 aromatic carbocycles. The van der Waals surface area contributed by atoms with E-state index < -0.39 is 0 Å². The highest BCUT2D eigenvalue weighted by Gasteiger charge is 2.19. The topological polar surface area (TPSA) is 57.8 Å². The molecule has 1 aromatic rings. The molecule has 4 nitrogen and oxygen atoms in total. The highest BCUT2D eigenvalue weighted by Crippen LogP contribution is 2.23. The minimum absolute atomic E-state index is 0.122. The fourth-order valence-electron chi connectivity index (χ4n) is 2.27. The minimum Gasteiger partial charge on any atom is -0.331 e. The second kappa shape index (κ2) is 5.68. The molecule has 0 aliphatic heterocycles. The van der Waals surface area contributed by atoms with Crippen LogP contribution in [-0.4, -0.2) is 15.9 Å². The van der Waals surface area contributed by atoms with Crippen LogP contribution in [-0.2, 0) is 4.79 Å². The number of carbonyl (C=O) groups is 1. The van der Waals surface area contributed by atoms with Gasteiger partial charge in [0.2, 0.25) is 11.9 Å². The molecule has 0 atom stereocenters. The smallest absolute Gasteiger partial charge is 0.229 e. The standard InChI is InChI=1S/C12H19N3O/c16-11(15-12-13-8-9-14-12)10-6-4-2-1-3-5-7-10/h8-10H,1-7H2,(H2,13,14,15,16). The van der Waals surface area contributed by atoms with Gasteiger partial charge in [-0.3, -0.25) is 10.1 Å². The summed E-state index contributed by atoms with van der Waals surface area (Å²) < 4.78 is 0. The van der Waals surface area contributed by atoms with Gasteiger partial charge in [-0.15, -0.1) is 0 Å². The lowest BCUT2D eigenvalue weighted by molar-refractivity contribution is -0.120. The molecule has 2 N–H and O–H groups in total. The SMILES string of the molecule is O=C(Nc1ncc[nH]1)C1CCCCCCC1. The van der Waals surface area contributed by atoms with Gasteiger partial charge in [-0.25, -0.2) is 4.98 Å². The van der Waals surface area contributed by atoms with Crippen LogP contribution in [0, 0.1) is 5.92 Å². The van der Waals surface area contributed by atoms with Crippen LogP contribution in [0.1, 0.15) is 44.9 Å². The predicted octanol–water partition coefficient (Wildman–Crippen LogP) is 2.71. The highest BCUT2D eigenvalue weighted by atomic mass is 16.2. The molecule has 0 radical (unpaired) electrons. The summed E-state index contributed by atoms with van der Waals surface area (Å²) in [5, 5.41) is 2.83. The van der Waals surface area contributed by atoms with Gasteiger partial charge in [0.05, 0.1) is 0 Å². The second-order valence-corrected chi connectivity index (χ2v) is 4.47. The lowest BCUT2D eigenvalue weighted by Crippen LogP contribution is -2.24. The normalized spacial score (nSPS) is 18.8. The Morgan fingerprint density at radius 2 is 1.94 bits per heavy atom. The number of aromatic nitrogens is 2. The van der Waals surface area contributed by atoms with Crippen LogP contribution >= 0.6 is 0 Å². The van der Waals surface area contributed by atoms with Gasteiger partial charge in [-0.2, -0.15) is 0 Å². The van der Waals surface area contributed by atoms with Gasteiger partial charge in [0.25, 0.3) is 0 Å². The molecule has 0 spiro atoms. The average Bonchev–Trinajstić information content (AvgIpc) is 2.69. The Bertz CT molecular complexity index is 313. The monoisotopic (exact) mass is 221 g/mol. The van der Waals surface area contributed by atoms with E-state index in [2.05, 4.69) is 15.3 Å². The number of hydrogen-bond donors (Lipinski definition) is 2. The Morgan fingerprint density at radius 1 is 1.25 bits per heavy atom. The zero-order valence-corrected chi connectivity index (χ0v) is 9.54. The third-order valence-electron chi connectivity index (χ3n) is 3.22. The summed E-state index contributed by atoms with van der Waals surface area (Å²) in [4.78, 5) is 18.9. The van der Waals surface area contributed by atoms with Crippen molar-refractivity contribution in [3.05, 3.63) is 12.4 Å². The first-order chi connectivity index (χ1) is 7.86. The van der Waals surface area contributed by atoms with Gasteiger partial charge in [-0.05, 0) is 12.8 Å². The maximum atomic E-state index is 12.0. The third-order valence-corrected chi connectivity index (χ3v) is 3.22. The Morgan fingerprint density at radius 3 is 2.56 bits per heavy atom. The van der Waals surface area contributed by atoms with Crippen LogP contribution < -0.4 is 5.32 Å². The number of nitrogens with zero attached hydrogens (tertiary/aromatic N) is 1. The van der Waals surface area contributed by atoms with Crippen LogP contribution in [0.25, 0.3) is 0 Å². The Labute approximate surface area is 95.9 Å². The molecule has 88 valence electrons. The van der Waals surface area contributed by atoms with Crippen molar-refractivity contribution in [2.45, 2.75) is 44.9 Å². The average molecular weight is 221 g/mol. The second-order valence-electron chi connectivity index (χ2n) is 4.47. The van der Waals surface area contributed by atoms with Crippen LogP contribution in [0.3, 0.4) is 0 Å². The summed E-state index contributed by atoms with van der Waals surface area (Å²) >= 11 is 0. The van der Waals surface area contributed by atoms with E-state index in [9.17, 15) is 4.79 Å². The maximum absolute atomic E-state index is 12.0. The van der Waals surface area contributed by atoms with E-state index in [0.717, 1.165) is 12.8 Å². The van der Waals surface area contributed by atoms with E-state index in [0.29, 0.717) is 5.95 Å². The fourth-order valence-corrected chi connectivity index (χ4v) is 2.27. The van der Waals surface area contributed by atoms with E-state index in [4.69, 9.17) is 0 Å². The number of amides is 1. The van der Waals surface area contributed by atoms with E-state index in [1.807, 2.05) is 0 Å². The lowest BCUT2D eigenvalue weighted by atomic mass is 9.90. The first kappa shape index (κ1) is 11.2.